The Morgan fingerprint density at radius 1 is 1.32 bits per heavy atom. The third-order valence-corrected chi connectivity index (χ3v) is 4.97. The number of benzene rings is 1. The van der Waals surface area contributed by atoms with Crippen molar-refractivity contribution in [1.82, 2.24) is 14.7 Å². The summed E-state index contributed by atoms with van der Waals surface area (Å²) in [6, 6.07) is 7.64. The molecule has 1 aromatic carbocycles. The minimum absolute atomic E-state index is 0.00927. The maximum atomic E-state index is 12.5. The molecule has 1 fully saturated rings. The summed E-state index contributed by atoms with van der Waals surface area (Å²) in [6.45, 7) is 3.32. The van der Waals surface area contributed by atoms with Crippen LogP contribution in [-0.4, -0.2) is 51.7 Å². The molecule has 4 rings (SSSR count). The highest BCUT2D eigenvalue weighted by molar-refractivity contribution is 5.76. The zero-order chi connectivity index (χ0) is 17.4. The molecule has 0 bridgehead atoms. The number of β-amino-alcohol motifs (C(OH)–C–C–N with tert-alkyl or cyclic N) is 1. The molecular formula is C18H21N3O4. The molecule has 1 amide bonds. The Balaban J connectivity index is 1.42. The van der Waals surface area contributed by atoms with Crippen LogP contribution in [0.3, 0.4) is 0 Å². The van der Waals surface area contributed by atoms with E-state index >= 15 is 0 Å². The monoisotopic (exact) mass is 343 g/mol. The van der Waals surface area contributed by atoms with E-state index in [1.807, 2.05) is 31.2 Å². The van der Waals surface area contributed by atoms with Crippen molar-refractivity contribution in [2.45, 2.75) is 31.9 Å². The third-order valence-electron chi connectivity index (χ3n) is 4.97. The van der Waals surface area contributed by atoms with E-state index in [4.69, 9.17) is 9.47 Å². The maximum absolute atomic E-state index is 12.5. The molecule has 0 radical (unpaired) electrons. The minimum Gasteiger partial charge on any atom is -0.454 e. The summed E-state index contributed by atoms with van der Waals surface area (Å²) in [7, 11) is 0. The van der Waals surface area contributed by atoms with E-state index in [-0.39, 0.29) is 25.2 Å². The van der Waals surface area contributed by atoms with Gasteiger partial charge in [0.1, 0.15) is 6.54 Å². The lowest BCUT2D eigenvalue weighted by Gasteiger charge is -2.36. The molecule has 2 aliphatic heterocycles. The van der Waals surface area contributed by atoms with E-state index in [0.29, 0.717) is 19.5 Å². The second-order valence-corrected chi connectivity index (χ2v) is 6.55. The average molecular weight is 343 g/mol. The quantitative estimate of drug-likeness (QED) is 0.909. The van der Waals surface area contributed by atoms with Crippen LogP contribution in [0.25, 0.3) is 0 Å². The molecule has 1 N–H and O–H groups in total. The lowest BCUT2D eigenvalue weighted by Crippen LogP contribution is -2.46. The molecule has 2 aromatic rings. The third kappa shape index (κ3) is 3.07. The lowest BCUT2D eigenvalue weighted by atomic mass is 9.87. The largest absolute Gasteiger partial charge is 0.454 e. The summed E-state index contributed by atoms with van der Waals surface area (Å²) in [4.78, 5) is 14.2. The summed E-state index contributed by atoms with van der Waals surface area (Å²) in [5.74, 6) is 1.43. The van der Waals surface area contributed by atoms with Crippen LogP contribution in [0.4, 0.5) is 0 Å². The van der Waals surface area contributed by atoms with Crippen LogP contribution in [0.2, 0.25) is 0 Å². The van der Waals surface area contributed by atoms with Crippen molar-refractivity contribution in [1.29, 1.82) is 0 Å². The molecule has 3 heterocycles. The highest BCUT2D eigenvalue weighted by atomic mass is 16.7. The van der Waals surface area contributed by atoms with Gasteiger partial charge in [0, 0.05) is 30.9 Å². The highest BCUT2D eigenvalue weighted by Crippen LogP contribution is 2.37. The molecule has 25 heavy (non-hydrogen) atoms. The molecule has 7 nitrogen and oxygen atoms in total. The van der Waals surface area contributed by atoms with E-state index < -0.39 is 6.10 Å². The Kier molecular flexibility index (Phi) is 4.09. The molecule has 0 unspecified atom stereocenters. The number of ether oxygens (including phenoxy) is 2. The first kappa shape index (κ1) is 16.0. The molecular weight excluding hydrogens is 322 g/mol. The van der Waals surface area contributed by atoms with Crippen LogP contribution in [0.15, 0.2) is 30.5 Å². The number of likely N-dealkylation sites (tertiary alicyclic amines) is 1. The number of fused-ring (bicyclic) bond motifs is 1. The Bertz CT molecular complexity index is 788. The molecule has 1 aromatic heterocycles. The SMILES string of the molecule is Cc1ccnn1CC(=O)N1CC[C@@H](c2ccc3c(c2)OCO3)[C@H](O)C1. The van der Waals surface area contributed by atoms with Gasteiger partial charge in [-0.1, -0.05) is 6.07 Å². The number of piperidine rings is 1. The summed E-state index contributed by atoms with van der Waals surface area (Å²) in [6.07, 6.45) is 1.80. The van der Waals surface area contributed by atoms with Crippen LogP contribution < -0.4 is 9.47 Å². The van der Waals surface area contributed by atoms with E-state index in [1.54, 1.807) is 15.8 Å². The van der Waals surface area contributed by atoms with Crippen LogP contribution >= 0.6 is 0 Å². The van der Waals surface area contributed by atoms with Gasteiger partial charge in [0.25, 0.3) is 0 Å². The molecule has 132 valence electrons. The number of rotatable bonds is 3. The molecule has 1 saturated heterocycles. The minimum atomic E-state index is -0.600. The van der Waals surface area contributed by atoms with Crippen molar-refractivity contribution in [3.63, 3.8) is 0 Å². The number of aliphatic hydroxyl groups excluding tert-OH is 1. The Morgan fingerprint density at radius 2 is 2.16 bits per heavy atom. The first-order chi connectivity index (χ1) is 12.1. The van der Waals surface area contributed by atoms with Gasteiger partial charge in [-0.15, -0.1) is 0 Å². The van der Waals surface area contributed by atoms with E-state index in [9.17, 15) is 9.90 Å². The van der Waals surface area contributed by atoms with Gasteiger partial charge in [-0.25, -0.2) is 0 Å². The standard InChI is InChI=1S/C18H21N3O4/c1-12-4-6-19-21(12)10-18(23)20-7-5-14(15(22)9-20)13-2-3-16-17(8-13)25-11-24-16/h2-4,6,8,14-15,22H,5,7,9-11H2,1H3/t14-,15+/m0/s1. The van der Waals surface area contributed by atoms with Crippen LogP contribution in [0, 0.1) is 6.92 Å². The van der Waals surface area contributed by atoms with E-state index in [0.717, 1.165) is 22.8 Å². The van der Waals surface area contributed by atoms with Gasteiger partial charge in [0.15, 0.2) is 11.5 Å². The average Bonchev–Trinajstić information content (AvgIpc) is 3.23. The highest BCUT2D eigenvalue weighted by Gasteiger charge is 2.32. The summed E-state index contributed by atoms with van der Waals surface area (Å²) >= 11 is 0. The van der Waals surface area contributed by atoms with Gasteiger partial charge < -0.3 is 19.5 Å². The number of hydrogen-bond donors (Lipinski definition) is 1. The topological polar surface area (TPSA) is 76.8 Å². The number of hydrogen-bond acceptors (Lipinski definition) is 5. The summed E-state index contributed by atoms with van der Waals surface area (Å²) in [5.41, 5.74) is 1.97. The fourth-order valence-electron chi connectivity index (χ4n) is 3.48. The smallest absolute Gasteiger partial charge is 0.244 e. The van der Waals surface area contributed by atoms with Crippen molar-refractivity contribution in [3.05, 3.63) is 41.7 Å². The van der Waals surface area contributed by atoms with Crippen molar-refractivity contribution >= 4 is 5.91 Å². The first-order valence-corrected chi connectivity index (χ1v) is 8.45. The molecule has 2 atom stereocenters. The van der Waals surface area contributed by atoms with Crippen molar-refractivity contribution in [2.75, 3.05) is 19.9 Å². The number of aryl methyl sites for hydroxylation is 1. The first-order valence-electron chi connectivity index (χ1n) is 8.45. The van der Waals surface area contributed by atoms with Gasteiger partial charge in [0.2, 0.25) is 12.7 Å². The summed E-state index contributed by atoms with van der Waals surface area (Å²) < 4.78 is 12.4. The zero-order valence-electron chi connectivity index (χ0n) is 14.1. The Hall–Kier alpha value is -2.54. The lowest BCUT2D eigenvalue weighted by molar-refractivity contribution is -0.135. The summed E-state index contributed by atoms with van der Waals surface area (Å²) in [5, 5.41) is 14.7. The number of carbonyl (C=O) groups excluding carboxylic acids is 1. The van der Waals surface area contributed by atoms with Crippen LogP contribution in [-0.2, 0) is 11.3 Å². The molecule has 0 spiro atoms. The van der Waals surface area contributed by atoms with Gasteiger partial charge >= 0.3 is 0 Å². The van der Waals surface area contributed by atoms with Crippen molar-refractivity contribution in [2.24, 2.45) is 0 Å². The normalized spacial score (nSPS) is 22.2. The van der Waals surface area contributed by atoms with E-state index in [2.05, 4.69) is 5.10 Å². The number of amides is 1. The van der Waals surface area contributed by atoms with Gasteiger partial charge in [0.05, 0.1) is 6.10 Å². The Morgan fingerprint density at radius 3 is 2.92 bits per heavy atom. The molecule has 7 heteroatoms. The number of nitrogens with zero attached hydrogens (tertiary/aromatic N) is 3. The fraction of sp³-hybridized carbons (Fsp3) is 0.444. The zero-order valence-corrected chi connectivity index (χ0v) is 14.1. The Labute approximate surface area is 145 Å². The molecule has 0 aliphatic carbocycles. The van der Waals surface area contributed by atoms with Crippen LogP contribution in [0.1, 0.15) is 23.6 Å². The second-order valence-electron chi connectivity index (χ2n) is 6.55. The van der Waals surface area contributed by atoms with Crippen molar-refractivity contribution < 1.29 is 19.4 Å². The predicted molar refractivity (Wildman–Crippen MR) is 89.5 cm³/mol. The molecule has 2 aliphatic rings. The predicted octanol–water partition coefficient (Wildman–Crippen LogP) is 1.30. The van der Waals surface area contributed by atoms with Gasteiger partial charge in [-0.3, -0.25) is 9.48 Å². The number of carbonyl (C=O) groups is 1. The van der Waals surface area contributed by atoms with Crippen molar-refractivity contribution in [3.8, 4) is 11.5 Å². The fourth-order valence-corrected chi connectivity index (χ4v) is 3.48. The number of aromatic nitrogens is 2. The van der Waals surface area contributed by atoms with Gasteiger partial charge in [-0.05, 0) is 37.1 Å². The van der Waals surface area contributed by atoms with Gasteiger partial charge in [-0.2, -0.15) is 5.10 Å². The van der Waals surface area contributed by atoms with E-state index in [1.165, 1.54) is 0 Å². The maximum Gasteiger partial charge on any atom is 0.244 e. The van der Waals surface area contributed by atoms with Crippen LogP contribution in [0.5, 0.6) is 11.5 Å². The second kappa shape index (κ2) is 6.40. The number of aliphatic hydroxyl groups is 1. The molecule has 0 saturated carbocycles.